The molecule has 1 aliphatic heterocycles. The number of hydrogen-bond donors (Lipinski definition) is 0. The normalized spacial score (nSPS) is 16.6. The van der Waals surface area contributed by atoms with Crippen molar-refractivity contribution in [2.24, 2.45) is 0 Å². The maximum absolute atomic E-state index is 12.9. The third-order valence-electron chi connectivity index (χ3n) is 5.80. The lowest BCUT2D eigenvalue weighted by atomic mass is 10.0. The summed E-state index contributed by atoms with van der Waals surface area (Å²) in [6.45, 7) is 0.879. The molecule has 28 heavy (non-hydrogen) atoms. The number of pyridine rings is 1. The van der Waals surface area contributed by atoms with Crippen molar-refractivity contribution in [3.8, 4) is 11.3 Å². The lowest BCUT2D eigenvalue weighted by Gasteiger charge is -2.38. The van der Waals surface area contributed by atoms with Gasteiger partial charge in [-0.2, -0.15) is 0 Å². The molecule has 5 rings (SSSR count). The maximum Gasteiger partial charge on any atom is 0.255 e. The van der Waals surface area contributed by atoms with E-state index >= 15 is 0 Å². The fourth-order valence-electron chi connectivity index (χ4n) is 4.01. The lowest BCUT2D eigenvalue weighted by Crippen LogP contribution is -2.49. The van der Waals surface area contributed by atoms with Crippen molar-refractivity contribution in [1.29, 1.82) is 0 Å². The first-order chi connectivity index (χ1) is 13.7. The summed E-state index contributed by atoms with van der Waals surface area (Å²) in [5, 5.41) is 0. The van der Waals surface area contributed by atoms with Crippen LogP contribution in [0.2, 0.25) is 0 Å². The fraction of sp³-hybridized carbons (Fsp3) is 0.273. The average Bonchev–Trinajstić information content (AvgIpc) is 3.51. The number of fused-ring (bicyclic) bond motifs is 1. The first-order valence-corrected chi connectivity index (χ1v) is 9.55. The molecule has 1 saturated carbocycles. The van der Waals surface area contributed by atoms with Gasteiger partial charge >= 0.3 is 0 Å². The summed E-state index contributed by atoms with van der Waals surface area (Å²) < 4.78 is 1.70. The lowest BCUT2D eigenvalue weighted by molar-refractivity contribution is 0.0993. The molecule has 2 aliphatic rings. The van der Waals surface area contributed by atoms with E-state index in [1.807, 2.05) is 42.5 Å². The van der Waals surface area contributed by atoms with Crippen molar-refractivity contribution in [3.63, 3.8) is 0 Å². The second-order valence-electron chi connectivity index (χ2n) is 7.52. The zero-order valence-electron chi connectivity index (χ0n) is 15.4. The fourth-order valence-corrected chi connectivity index (χ4v) is 4.01. The van der Waals surface area contributed by atoms with Gasteiger partial charge in [0.15, 0.2) is 5.78 Å². The average molecular weight is 372 g/mol. The van der Waals surface area contributed by atoms with E-state index in [4.69, 9.17) is 4.98 Å². The second-order valence-corrected chi connectivity index (χ2v) is 7.52. The number of carbonyl (C=O) groups is 1. The van der Waals surface area contributed by atoms with E-state index in [-0.39, 0.29) is 23.4 Å². The molecule has 1 spiro atoms. The van der Waals surface area contributed by atoms with Crippen LogP contribution in [0.4, 0.5) is 5.95 Å². The Hall–Kier alpha value is -3.28. The van der Waals surface area contributed by atoms with Crippen molar-refractivity contribution >= 4 is 11.7 Å². The van der Waals surface area contributed by atoms with Crippen LogP contribution in [0.1, 0.15) is 29.6 Å². The van der Waals surface area contributed by atoms with Crippen LogP contribution in [0.25, 0.3) is 11.3 Å². The van der Waals surface area contributed by atoms with Crippen LogP contribution >= 0.6 is 0 Å². The van der Waals surface area contributed by atoms with Crippen LogP contribution in [0.5, 0.6) is 0 Å². The second kappa shape index (κ2) is 6.41. The minimum atomic E-state index is -0.0792. The molecule has 0 atom stereocenters. The van der Waals surface area contributed by atoms with E-state index in [9.17, 15) is 9.59 Å². The number of Topliss-reactive ketones (excluding diaryl/α,β-unsaturated/α-hetero) is 1. The molecule has 140 valence electrons. The van der Waals surface area contributed by atoms with Gasteiger partial charge in [-0.15, -0.1) is 0 Å². The molecule has 3 aromatic rings. The van der Waals surface area contributed by atoms with Gasteiger partial charge in [-0.3, -0.25) is 19.1 Å². The summed E-state index contributed by atoms with van der Waals surface area (Å²) in [7, 11) is 0. The molecule has 1 aromatic carbocycles. The number of anilines is 1. The predicted molar refractivity (Wildman–Crippen MR) is 106 cm³/mol. The summed E-state index contributed by atoms with van der Waals surface area (Å²) in [6.07, 6.45) is 6.31. The largest absolute Gasteiger partial charge is 0.329 e. The van der Waals surface area contributed by atoms with E-state index in [1.165, 1.54) is 0 Å². The molecule has 2 aromatic heterocycles. The van der Waals surface area contributed by atoms with Gasteiger partial charge in [0.2, 0.25) is 5.95 Å². The Bertz CT molecular complexity index is 1090. The maximum atomic E-state index is 12.9. The molecule has 0 saturated heterocycles. The molecule has 1 aliphatic carbocycles. The summed E-state index contributed by atoms with van der Waals surface area (Å²) in [4.78, 5) is 36.6. The number of hydrogen-bond acceptors (Lipinski definition) is 5. The molecule has 0 N–H and O–H groups in total. The van der Waals surface area contributed by atoms with Gasteiger partial charge < -0.3 is 4.90 Å². The van der Waals surface area contributed by atoms with Crippen LogP contribution < -0.4 is 10.5 Å². The highest BCUT2D eigenvalue weighted by atomic mass is 16.1. The number of carbonyl (C=O) groups excluding carboxylic acids is 1. The highest BCUT2D eigenvalue weighted by molar-refractivity contribution is 5.99. The van der Waals surface area contributed by atoms with Gasteiger partial charge in [-0.25, -0.2) is 4.98 Å². The summed E-state index contributed by atoms with van der Waals surface area (Å²) in [5.74, 6) is 0.649. The van der Waals surface area contributed by atoms with E-state index in [2.05, 4.69) is 9.88 Å². The number of benzene rings is 1. The summed E-state index contributed by atoms with van der Waals surface area (Å²) >= 11 is 0. The minimum absolute atomic E-state index is 0.0409. The number of ketones is 1. The van der Waals surface area contributed by atoms with Gasteiger partial charge in [0.1, 0.15) is 0 Å². The quantitative estimate of drug-likeness (QED) is 0.659. The summed E-state index contributed by atoms with van der Waals surface area (Å²) in [5.41, 5.74) is 2.03. The molecule has 0 amide bonds. The first kappa shape index (κ1) is 16.9. The van der Waals surface area contributed by atoms with Gasteiger partial charge in [0.05, 0.1) is 12.2 Å². The molecule has 0 bridgehead atoms. The standard InChI is InChI=1S/C22H20N4O2/c27-19(17-4-2-1-3-5-17)15-26-21-24-18(16-6-11-23-12-7-16)14-20(28)25(21)13-10-22(26)8-9-22/h1-7,11-12,14H,8-10,13,15H2. The zero-order chi connectivity index (χ0) is 19.1. The van der Waals surface area contributed by atoms with Gasteiger partial charge in [0.25, 0.3) is 5.56 Å². The van der Waals surface area contributed by atoms with Crippen molar-refractivity contribution in [2.45, 2.75) is 31.3 Å². The topological polar surface area (TPSA) is 68.1 Å². The molecular weight excluding hydrogens is 352 g/mol. The van der Waals surface area contributed by atoms with E-state index in [0.717, 1.165) is 24.8 Å². The van der Waals surface area contributed by atoms with Crippen LogP contribution in [0.15, 0.2) is 65.7 Å². The van der Waals surface area contributed by atoms with Crippen molar-refractivity contribution in [2.75, 3.05) is 11.4 Å². The smallest absolute Gasteiger partial charge is 0.255 e. The molecule has 1 fully saturated rings. The molecule has 6 nitrogen and oxygen atoms in total. The third kappa shape index (κ3) is 2.81. The van der Waals surface area contributed by atoms with E-state index < -0.39 is 0 Å². The molecule has 0 radical (unpaired) electrons. The predicted octanol–water partition coefficient (Wildman–Crippen LogP) is 2.93. The molecule has 3 heterocycles. The Labute approximate surface area is 162 Å². The number of rotatable bonds is 4. The van der Waals surface area contributed by atoms with E-state index in [1.54, 1.807) is 23.0 Å². The minimum Gasteiger partial charge on any atom is -0.329 e. The molecular formula is C22H20N4O2. The highest BCUT2D eigenvalue weighted by Crippen LogP contribution is 2.49. The Morgan fingerprint density at radius 3 is 2.50 bits per heavy atom. The van der Waals surface area contributed by atoms with Crippen LogP contribution in [0.3, 0.4) is 0 Å². The van der Waals surface area contributed by atoms with Crippen molar-refractivity contribution in [3.05, 3.63) is 76.8 Å². The number of aromatic nitrogens is 3. The molecule has 0 unspecified atom stereocenters. The van der Waals surface area contributed by atoms with Crippen LogP contribution in [-0.4, -0.2) is 32.4 Å². The van der Waals surface area contributed by atoms with Crippen LogP contribution in [0, 0.1) is 0 Å². The van der Waals surface area contributed by atoms with Gasteiger partial charge in [-0.1, -0.05) is 30.3 Å². The van der Waals surface area contributed by atoms with E-state index in [0.29, 0.717) is 23.8 Å². The number of nitrogens with zero attached hydrogens (tertiary/aromatic N) is 4. The Kier molecular flexibility index (Phi) is 3.86. The Morgan fingerprint density at radius 1 is 1.04 bits per heavy atom. The Morgan fingerprint density at radius 2 is 1.79 bits per heavy atom. The van der Waals surface area contributed by atoms with Crippen molar-refractivity contribution < 1.29 is 4.79 Å². The summed E-state index contributed by atoms with van der Waals surface area (Å²) in [6, 6.07) is 14.6. The third-order valence-corrected chi connectivity index (χ3v) is 5.80. The molecule has 6 heteroatoms. The van der Waals surface area contributed by atoms with Crippen molar-refractivity contribution in [1.82, 2.24) is 14.5 Å². The Balaban J connectivity index is 1.58. The zero-order valence-corrected chi connectivity index (χ0v) is 15.4. The highest BCUT2D eigenvalue weighted by Gasteiger charge is 2.51. The monoisotopic (exact) mass is 372 g/mol. The van der Waals surface area contributed by atoms with Gasteiger partial charge in [-0.05, 0) is 31.4 Å². The SMILES string of the molecule is O=C(CN1c2nc(-c3ccncc3)cc(=O)n2CCC12CC2)c1ccccc1. The first-order valence-electron chi connectivity index (χ1n) is 9.55. The van der Waals surface area contributed by atoms with Gasteiger partial charge in [0, 0.05) is 41.7 Å². The van der Waals surface area contributed by atoms with Crippen LogP contribution in [-0.2, 0) is 6.54 Å².